The second-order valence-corrected chi connectivity index (χ2v) is 4.33. The normalized spacial score (nSPS) is 15.7. The summed E-state index contributed by atoms with van der Waals surface area (Å²) in [5, 5.41) is 19.9. The molecule has 0 aliphatic carbocycles. The number of aromatic carboxylic acids is 1. The summed E-state index contributed by atoms with van der Waals surface area (Å²) in [4.78, 5) is 21.6. The number of ether oxygens (including phenoxy) is 2. The monoisotopic (exact) mass is 287 g/mol. The van der Waals surface area contributed by atoms with Crippen molar-refractivity contribution in [3.8, 4) is 0 Å². The van der Waals surface area contributed by atoms with Crippen molar-refractivity contribution in [2.24, 2.45) is 0 Å². The number of halogens is 1. The van der Waals surface area contributed by atoms with Crippen LogP contribution in [0.1, 0.15) is 27.8 Å². The predicted molar refractivity (Wildman–Crippen MR) is 64.4 cm³/mol. The molecule has 8 heteroatoms. The van der Waals surface area contributed by atoms with E-state index in [0.717, 1.165) is 0 Å². The topological polar surface area (TPSA) is 98.9 Å². The van der Waals surface area contributed by atoms with Gasteiger partial charge in [-0.3, -0.25) is 10.1 Å². The van der Waals surface area contributed by atoms with E-state index in [1.165, 1.54) is 13.0 Å². The van der Waals surface area contributed by atoms with Gasteiger partial charge in [0.1, 0.15) is 5.56 Å². The number of carboxylic acids is 1. The molecule has 7 nitrogen and oxygen atoms in total. The number of carbonyl (C=O) groups is 1. The minimum Gasteiger partial charge on any atom is -0.478 e. The highest BCUT2D eigenvalue weighted by molar-refractivity contribution is 6.34. The fourth-order valence-electron chi connectivity index (χ4n) is 1.95. The van der Waals surface area contributed by atoms with Crippen LogP contribution in [0.4, 0.5) is 5.69 Å². The van der Waals surface area contributed by atoms with E-state index < -0.39 is 17.2 Å². The molecule has 1 heterocycles. The van der Waals surface area contributed by atoms with Crippen molar-refractivity contribution < 1.29 is 24.3 Å². The van der Waals surface area contributed by atoms with Gasteiger partial charge in [-0.15, -0.1) is 0 Å². The molecule has 1 aliphatic rings. The van der Waals surface area contributed by atoms with E-state index in [-0.39, 0.29) is 40.6 Å². The van der Waals surface area contributed by atoms with Gasteiger partial charge in [0.25, 0.3) is 5.69 Å². The quantitative estimate of drug-likeness (QED) is 0.676. The smallest absolute Gasteiger partial charge is 0.337 e. The third kappa shape index (κ3) is 2.40. The number of benzene rings is 1. The Labute approximate surface area is 112 Å². The first-order valence-electron chi connectivity index (χ1n) is 5.37. The largest absolute Gasteiger partial charge is 0.478 e. The van der Waals surface area contributed by atoms with E-state index in [0.29, 0.717) is 0 Å². The van der Waals surface area contributed by atoms with Gasteiger partial charge < -0.3 is 14.6 Å². The SMILES string of the molecule is Cc1cc(C(=O)O)c(Cl)c(C2OCCO2)c1[N+](=O)[O-]. The van der Waals surface area contributed by atoms with Crippen molar-refractivity contribution in [2.45, 2.75) is 13.2 Å². The Morgan fingerprint density at radius 2 is 2.11 bits per heavy atom. The van der Waals surface area contributed by atoms with E-state index in [1.54, 1.807) is 0 Å². The van der Waals surface area contributed by atoms with Gasteiger partial charge in [0, 0.05) is 5.56 Å². The number of aryl methyl sites for hydroxylation is 1. The first-order chi connectivity index (χ1) is 8.93. The Hall–Kier alpha value is -1.70. The summed E-state index contributed by atoms with van der Waals surface area (Å²) in [5.74, 6) is -1.26. The molecular formula is C11H10ClNO6. The molecule has 0 bridgehead atoms. The van der Waals surface area contributed by atoms with Crippen molar-refractivity contribution in [1.29, 1.82) is 0 Å². The summed E-state index contributed by atoms with van der Waals surface area (Å²) in [6.45, 7) is 1.99. The minimum absolute atomic E-state index is 0.0402. The van der Waals surface area contributed by atoms with Crippen LogP contribution in [0.25, 0.3) is 0 Å². The maximum Gasteiger partial charge on any atom is 0.337 e. The second kappa shape index (κ2) is 5.12. The third-order valence-electron chi connectivity index (χ3n) is 2.73. The van der Waals surface area contributed by atoms with Gasteiger partial charge in [-0.1, -0.05) is 11.6 Å². The summed E-state index contributed by atoms with van der Waals surface area (Å²) in [6.07, 6.45) is -1.01. The standard InChI is InChI=1S/C11H10ClNO6/c1-5-4-6(10(14)15)8(12)7(9(5)13(16)17)11-18-2-3-19-11/h4,11H,2-3H2,1H3,(H,14,15). The molecule has 0 radical (unpaired) electrons. The number of nitro benzene ring substituents is 1. The van der Waals surface area contributed by atoms with Crippen LogP contribution in [0.2, 0.25) is 5.02 Å². The Kier molecular flexibility index (Phi) is 3.70. The van der Waals surface area contributed by atoms with E-state index in [4.69, 9.17) is 26.2 Å². The Bertz CT molecular complexity index is 553. The van der Waals surface area contributed by atoms with Crippen LogP contribution >= 0.6 is 11.6 Å². The van der Waals surface area contributed by atoms with Crippen LogP contribution in [0, 0.1) is 17.0 Å². The van der Waals surface area contributed by atoms with Gasteiger partial charge in [0.2, 0.25) is 0 Å². The zero-order valence-corrected chi connectivity index (χ0v) is 10.6. The zero-order chi connectivity index (χ0) is 14.2. The van der Waals surface area contributed by atoms with E-state index in [9.17, 15) is 14.9 Å². The average Bonchev–Trinajstić information content (AvgIpc) is 2.83. The molecular weight excluding hydrogens is 278 g/mol. The lowest BCUT2D eigenvalue weighted by Crippen LogP contribution is -2.10. The molecule has 1 N–H and O–H groups in total. The summed E-state index contributed by atoms with van der Waals surface area (Å²) >= 11 is 5.96. The molecule has 0 amide bonds. The van der Waals surface area contributed by atoms with E-state index >= 15 is 0 Å². The number of hydrogen-bond acceptors (Lipinski definition) is 5. The first kappa shape index (κ1) is 13.7. The highest BCUT2D eigenvalue weighted by Crippen LogP contribution is 2.40. The average molecular weight is 288 g/mol. The Morgan fingerprint density at radius 3 is 2.58 bits per heavy atom. The van der Waals surface area contributed by atoms with Crippen LogP contribution in [-0.4, -0.2) is 29.2 Å². The molecule has 2 rings (SSSR count). The van der Waals surface area contributed by atoms with Gasteiger partial charge in [0.15, 0.2) is 6.29 Å². The Balaban J connectivity index is 2.70. The van der Waals surface area contributed by atoms with Crippen molar-refractivity contribution in [1.82, 2.24) is 0 Å². The summed E-state index contributed by atoms with van der Waals surface area (Å²) in [7, 11) is 0. The molecule has 0 spiro atoms. The summed E-state index contributed by atoms with van der Waals surface area (Å²) < 4.78 is 10.4. The fraction of sp³-hybridized carbons (Fsp3) is 0.364. The zero-order valence-electron chi connectivity index (χ0n) is 9.88. The minimum atomic E-state index is -1.26. The highest BCUT2D eigenvalue weighted by Gasteiger charge is 2.34. The highest BCUT2D eigenvalue weighted by atomic mass is 35.5. The molecule has 0 atom stereocenters. The fourth-order valence-corrected chi connectivity index (χ4v) is 2.26. The van der Waals surface area contributed by atoms with Gasteiger partial charge >= 0.3 is 5.97 Å². The lowest BCUT2D eigenvalue weighted by atomic mass is 10.0. The van der Waals surface area contributed by atoms with Gasteiger partial charge in [-0.05, 0) is 13.0 Å². The van der Waals surface area contributed by atoms with Crippen LogP contribution in [0.3, 0.4) is 0 Å². The maximum absolute atomic E-state index is 11.1. The van der Waals surface area contributed by atoms with Gasteiger partial charge in [-0.2, -0.15) is 0 Å². The van der Waals surface area contributed by atoms with Gasteiger partial charge in [0.05, 0.1) is 28.7 Å². The molecule has 1 fully saturated rings. The summed E-state index contributed by atoms with van der Waals surface area (Å²) in [6, 6.07) is 1.17. The molecule has 1 aromatic rings. The molecule has 0 unspecified atom stereocenters. The summed E-state index contributed by atoms with van der Waals surface area (Å²) in [5.41, 5.74) is -0.330. The van der Waals surface area contributed by atoms with Crippen LogP contribution < -0.4 is 0 Å². The van der Waals surface area contributed by atoms with Crippen molar-refractivity contribution in [2.75, 3.05) is 13.2 Å². The Morgan fingerprint density at radius 1 is 1.53 bits per heavy atom. The molecule has 1 aromatic carbocycles. The van der Waals surface area contributed by atoms with E-state index in [2.05, 4.69) is 0 Å². The molecule has 1 aliphatic heterocycles. The maximum atomic E-state index is 11.1. The van der Waals surface area contributed by atoms with Crippen molar-refractivity contribution in [3.05, 3.63) is 37.9 Å². The second-order valence-electron chi connectivity index (χ2n) is 3.95. The number of carboxylic acid groups (broad SMARTS) is 1. The van der Waals surface area contributed by atoms with Crippen LogP contribution in [0.15, 0.2) is 6.07 Å². The molecule has 1 saturated heterocycles. The molecule has 0 aromatic heterocycles. The van der Waals surface area contributed by atoms with Crippen molar-refractivity contribution in [3.63, 3.8) is 0 Å². The predicted octanol–water partition coefficient (Wildman–Crippen LogP) is 2.30. The molecule has 0 saturated carbocycles. The molecule has 102 valence electrons. The molecule has 19 heavy (non-hydrogen) atoms. The van der Waals surface area contributed by atoms with Gasteiger partial charge in [-0.25, -0.2) is 4.79 Å². The lowest BCUT2D eigenvalue weighted by Gasteiger charge is -2.14. The number of rotatable bonds is 3. The lowest BCUT2D eigenvalue weighted by molar-refractivity contribution is -0.387. The number of nitrogens with zero attached hydrogens (tertiary/aromatic N) is 1. The van der Waals surface area contributed by atoms with Crippen LogP contribution in [-0.2, 0) is 9.47 Å². The number of nitro groups is 1. The van der Waals surface area contributed by atoms with Crippen molar-refractivity contribution >= 4 is 23.3 Å². The first-order valence-corrected chi connectivity index (χ1v) is 5.75. The third-order valence-corrected chi connectivity index (χ3v) is 3.14. The number of hydrogen-bond donors (Lipinski definition) is 1. The van der Waals surface area contributed by atoms with Crippen LogP contribution in [0.5, 0.6) is 0 Å². The van der Waals surface area contributed by atoms with E-state index in [1.807, 2.05) is 0 Å².